The zero-order valence-electron chi connectivity index (χ0n) is 7.48. The predicted molar refractivity (Wildman–Crippen MR) is 46.8 cm³/mol. The molecule has 0 amide bonds. The Morgan fingerprint density at radius 1 is 1.40 bits per heavy atom. The van der Waals surface area contributed by atoms with Crippen LogP contribution in [0.25, 0.3) is 0 Å². The lowest BCUT2D eigenvalue weighted by Crippen LogP contribution is -2.09. The van der Waals surface area contributed by atoms with Crippen molar-refractivity contribution in [3.63, 3.8) is 0 Å². The Morgan fingerprint density at radius 2 is 2.00 bits per heavy atom. The van der Waals surface area contributed by atoms with Crippen molar-refractivity contribution < 1.29 is 0 Å². The molecule has 0 saturated carbocycles. The van der Waals surface area contributed by atoms with E-state index in [1.807, 2.05) is 0 Å². The van der Waals surface area contributed by atoms with Crippen LogP contribution >= 0.6 is 0 Å². The van der Waals surface area contributed by atoms with Gasteiger partial charge < -0.3 is 0 Å². The van der Waals surface area contributed by atoms with E-state index in [9.17, 15) is 0 Å². The van der Waals surface area contributed by atoms with Gasteiger partial charge in [0.15, 0.2) is 0 Å². The summed E-state index contributed by atoms with van der Waals surface area (Å²) in [4.78, 5) is 0. The van der Waals surface area contributed by atoms with Gasteiger partial charge in [0.1, 0.15) is 0 Å². The van der Waals surface area contributed by atoms with Crippen LogP contribution in [0.5, 0.6) is 0 Å². The summed E-state index contributed by atoms with van der Waals surface area (Å²) in [6, 6.07) is 0. The van der Waals surface area contributed by atoms with Gasteiger partial charge in [0, 0.05) is 0 Å². The van der Waals surface area contributed by atoms with Crippen LogP contribution in [0.4, 0.5) is 0 Å². The molecular weight excluding hydrogens is 120 g/mol. The molecule has 0 atom stereocenters. The van der Waals surface area contributed by atoms with Gasteiger partial charge in [-0.1, -0.05) is 46.3 Å². The fraction of sp³-hybridized carbons (Fsp3) is 0.800. The monoisotopic (exact) mass is 139 g/mol. The van der Waals surface area contributed by atoms with Gasteiger partial charge in [-0.15, -0.1) is 0 Å². The highest BCUT2D eigenvalue weighted by molar-refractivity contribution is 4.77. The summed E-state index contributed by atoms with van der Waals surface area (Å²) in [6.07, 6.45) is 6.70. The Morgan fingerprint density at radius 3 is 2.40 bits per heavy atom. The van der Waals surface area contributed by atoms with Crippen LogP contribution < -0.4 is 0 Å². The molecule has 0 bridgehead atoms. The molecule has 0 aliphatic carbocycles. The summed E-state index contributed by atoms with van der Waals surface area (Å²) in [5.74, 6) is 0. The van der Waals surface area contributed by atoms with Crippen LogP contribution in [-0.4, -0.2) is 0 Å². The van der Waals surface area contributed by atoms with E-state index in [4.69, 9.17) is 6.58 Å². The zero-order valence-corrected chi connectivity index (χ0v) is 7.48. The topological polar surface area (TPSA) is 0 Å². The molecule has 0 aromatic carbocycles. The molecule has 0 spiro atoms. The summed E-state index contributed by atoms with van der Waals surface area (Å²) >= 11 is 0. The molecule has 0 fully saturated rings. The second-order valence-electron chi connectivity index (χ2n) is 3.71. The van der Waals surface area contributed by atoms with Crippen molar-refractivity contribution in [2.75, 3.05) is 0 Å². The third-order valence-corrected chi connectivity index (χ3v) is 1.88. The molecule has 0 aliphatic rings. The Kier molecular flexibility index (Phi) is 4.42. The van der Waals surface area contributed by atoms with Crippen LogP contribution in [0, 0.1) is 12.0 Å². The standard InChI is InChI=1S/C10H19/c1-5-7-9-10(3,4)8-6-2/h2,6H,5,7-9H2,1,3-4H3. The minimum atomic E-state index is 0.421. The zero-order chi connectivity index (χ0) is 8.04. The number of rotatable bonds is 5. The van der Waals surface area contributed by atoms with Gasteiger partial charge in [-0.3, -0.25) is 0 Å². The fourth-order valence-electron chi connectivity index (χ4n) is 1.08. The average Bonchev–Trinajstić information content (AvgIpc) is 1.84. The van der Waals surface area contributed by atoms with E-state index in [2.05, 4.69) is 20.8 Å². The summed E-state index contributed by atoms with van der Waals surface area (Å²) in [5.41, 5.74) is 0.421. The maximum atomic E-state index is 5.36. The summed E-state index contributed by atoms with van der Waals surface area (Å²) in [5, 5.41) is 0. The molecule has 0 unspecified atom stereocenters. The summed E-state index contributed by atoms with van der Waals surface area (Å²) in [7, 11) is 0. The molecular formula is C10H19. The van der Waals surface area contributed by atoms with Crippen LogP contribution in [0.2, 0.25) is 0 Å². The van der Waals surface area contributed by atoms with E-state index >= 15 is 0 Å². The SMILES string of the molecule is [CH]=CCC(C)(C)CCCC. The van der Waals surface area contributed by atoms with Crippen molar-refractivity contribution in [2.24, 2.45) is 5.41 Å². The lowest BCUT2D eigenvalue weighted by Gasteiger charge is -2.21. The fourth-order valence-corrected chi connectivity index (χ4v) is 1.08. The number of unbranched alkanes of at least 4 members (excludes halogenated alkanes) is 1. The van der Waals surface area contributed by atoms with Crippen molar-refractivity contribution in [3.05, 3.63) is 12.7 Å². The third-order valence-electron chi connectivity index (χ3n) is 1.88. The highest BCUT2D eigenvalue weighted by Crippen LogP contribution is 2.27. The van der Waals surface area contributed by atoms with Crippen molar-refractivity contribution in [3.8, 4) is 0 Å². The first-order valence-corrected chi connectivity index (χ1v) is 4.16. The van der Waals surface area contributed by atoms with Gasteiger partial charge in [0.2, 0.25) is 0 Å². The quantitative estimate of drug-likeness (QED) is 0.546. The second-order valence-corrected chi connectivity index (χ2v) is 3.71. The Labute approximate surface area is 65.3 Å². The van der Waals surface area contributed by atoms with Gasteiger partial charge in [-0.2, -0.15) is 0 Å². The van der Waals surface area contributed by atoms with Crippen molar-refractivity contribution in [1.82, 2.24) is 0 Å². The minimum absolute atomic E-state index is 0.421. The van der Waals surface area contributed by atoms with Gasteiger partial charge in [-0.25, -0.2) is 0 Å². The Bertz CT molecular complexity index is 90.2. The molecule has 0 N–H and O–H groups in total. The summed E-state index contributed by atoms with van der Waals surface area (Å²) < 4.78 is 0. The first-order valence-electron chi connectivity index (χ1n) is 4.16. The smallest absolute Gasteiger partial charge is 0.0296 e. The van der Waals surface area contributed by atoms with Crippen molar-refractivity contribution >= 4 is 0 Å². The molecule has 0 heteroatoms. The van der Waals surface area contributed by atoms with E-state index in [-0.39, 0.29) is 0 Å². The number of allylic oxidation sites excluding steroid dienone is 1. The lowest BCUT2D eigenvalue weighted by molar-refractivity contribution is 0.328. The van der Waals surface area contributed by atoms with Gasteiger partial charge >= 0.3 is 0 Å². The third kappa shape index (κ3) is 4.60. The van der Waals surface area contributed by atoms with E-state index in [1.165, 1.54) is 19.3 Å². The Hall–Kier alpha value is -0.260. The van der Waals surface area contributed by atoms with E-state index < -0.39 is 0 Å². The van der Waals surface area contributed by atoms with Crippen molar-refractivity contribution in [2.45, 2.75) is 46.5 Å². The van der Waals surface area contributed by atoms with Crippen LogP contribution in [0.1, 0.15) is 46.5 Å². The molecule has 0 aliphatic heterocycles. The Balaban J connectivity index is 3.51. The van der Waals surface area contributed by atoms with Crippen LogP contribution in [0.15, 0.2) is 6.08 Å². The average molecular weight is 139 g/mol. The minimum Gasteiger partial charge on any atom is -0.0840 e. The largest absolute Gasteiger partial charge is 0.0840 e. The highest BCUT2D eigenvalue weighted by atomic mass is 14.2. The molecule has 0 heterocycles. The molecule has 1 radical (unpaired) electrons. The van der Waals surface area contributed by atoms with Gasteiger partial charge in [-0.05, 0) is 18.3 Å². The molecule has 0 saturated heterocycles. The molecule has 59 valence electrons. The van der Waals surface area contributed by atoms with Crippen molar-refractivity contribution in [1.29, 1.82) is 0 Å². The van der Waals surface area contributed by atoms with E-state index in [0.717, 1.165) is 6.42 Å². The van der Waals surface area contributed by atoms with Gasteiger partial charge in [0.25, 0.3) is 0 Å². The van der Waals surface area contributed by atoms with E-state index in [0.29, 0.717) is 5.41 Å². The first kappa shape index (κ1) is 9.74. The maximum Gasteiger partial charge on any atom is -0.0296 e. The molecule has 10 heavy (non-hydrogen) atoms. The normalized spacial score (nSPS) is 11.5. The molecule has 0 aromatic rings. The maximum absolute atomic E-state index is 5.36. The lowest BCUT2D eigenvalue weighted by atomic mass is 9.84. The molecule has 0 rings (SSSR count). The van der Waals surface area contributed by atoms with Crippen LogP contribution in [-0.2, 0) is 0 Å². The summed E-state index contributed by atoms with van der Waals surface area (Å²) in [6.45, 7) is 12.1. The van der Waals surface area contributed by atoms with Gasteiger partial charge in [0.05, 0.1) is 0 Å². The first-order chi connectivity index (χ1) is 4.62. The molecule has 0 aromatic heterocycles. The number of hydrogen-bond acceptors (Lipinski definition) is 0. The van der Waals surface area contributed by atoms with Crippen LogP contribution in [0.3, 0.4) is 0 Å². The van der Waals surface area contributed by atoms with E-state index in [1.54, 1.807) is 6.08 Å². The predicted octanol–water partition coefficient (Wildman–Crippen LogP) is 3.58. The molecule has 0 nitrogen and oxygen atoms in total. The second kappa shape index (κ2) is 4.54. The number of hydrogen-bond donors (Lipinski definition) is 0. The highest BCUT2D eigenvalue weighted by Gasteiger charge is 2.13.